The topological polar surface area (TPSA) is 38.8 Å². The number of rotatable bonds is 7. The van der Waals surface area contributed by atoms with E-state index < -0.39 is 0 Å². The highest BCUT2D eigenvalue weighted by Crippen LogP contribution is 2.25. The van der Waals surface area contributed by atoms with Crippen LogP contribution in [0.15, 0.2) is 12.1 Å². The molecule has 0 saturated carbocycles. The third kappa shape index (κ3) is 4.80. The monoisotopic (exact) mass is 311 g/mol. The summed E-state index contributed by atoms with van der Waals surface area (Å²) in [6.07, 6.45) is 4.57. The van der Waals surface area contributed by atoms with Crippen LogP contribution < -0.4 is 0 Å². The Morgan fingerprint density at radius 2 is 2.24 bits per heavy atom. The van der Waals surface area contributed by atoms with Gasteiger partial charge >= 0.3 is 0 Å². The molecular formula is C16H25NO3S. The maximum absolute atomic E-state index is 12.6. The van der Waals surface area contributed by atoms with Gasteiger partial charge in [0.1, 0.15) is 0 Å². The Kier molecular flexibility index (Phi) is 6.67. The number of likely N-dealkylation sites (tertiary alicyclic amines) is 1. The first-order chi connectivity index (χ1) is 10.2. The predicted octanol–water partition coefficient (Wildman–Crippen LogP) is 3.17. The molecule has 21 heavy (non-hydrogen) atoms. The summed E-state index contributed by atoms with van der Waals surface area (Å²) in [5, 5.41) is 0. The molecule has 4 nitrogen and oxygen atoms in total. The smallest absolute Gasteiger partial charge is 0.263 e. The van der Waals surface area contributed by atoms with Gasteiger partial charge in [0.05, 0.1) is 11.5 Å². The van der Waals surface area contributed by atoms with Gasteiger partial charge in [0.25, 0.3) is 5.91 Å². The van der Waals surface area contributed by atoms with Gasteiger partial charge in [0, 0.05) is 38.8 Å². The molecule has 5 heteroatoms. The molecule has 0 radical (unpaired) electrons. The summed E-state index contributed by atoms with van der Waals surface area (Å²) in [5.74, 6) is 0.801. The molecule has 1 aromatic heterocycles. The van der Waals surface area contributed by atoms with Crippen LogP contribution in [0.4, 0.5) is 0 Å². The van der Waals surface area contributed by atoms with E-state index >= 15 is 0 Å². The number of piperidine rings is 1. The SMILES string of the molecule is COCCC[C@@H]1CCCN(C(=O)c2ccc(COC)s2)C1. The number of nitrogens with zero attached hydrogens (tertiary/aromatic N) is 1. The fourth-order valence-corrected chi connectivity index (χ4v) is 3.82. The first kappa shape index (κ1) is 16.5. The van der Waals surface area contributed by atoms with Crippen LogP contribution in [0, 0.1) is 5.92 Å². The van der Waals surface area contributed by atoms with Crippen molar-refractivity contribution in [3.63, 3.8) is 0 Å². The van der Waals surface area contributed by atoms with E-state index in [4.69, 9.17) is 9.47 Å². The Morgan fingerprint density at radius 1 is 1.38 bits per heavy atom. The maximum atomic E-state index is 12.6. The largest absolute Gasteiger partial charge is 0.385 e. The normalized spacial score (nSPS) is 19.0. The minimum atomic E-state index is 0.179. The molecular weight excluding hydrogens is 286 g/mol. The highest BCUT2D eigenvalue weighted by Gasteiger charge is 2.25. The van der Waals surface area contributed by atoms with Crippen molar-refractivity contribution < 1.29 is 14.3 Å². The van der Waals surface area contributed by atoms with Crippen molar-refractivity contribution >= 4 is 17.2 Å². The van der Waals surface area contributed by atoms with Crippen molar-refractivity contribution in [1.29, 1.82) is 0 Å². The molecule has 1 aliphatic rings. The summed E-state index contributed by atoms with van der Waals surface area (Å²) < 4.78 is 10.2. The van der Waals surface area contributed by atoms with Gasteiger partial charge < -0.3 is 14.4 Å². The lowest BCUT2D eigenvalue weighted by Gasteiger charge is -2.32. The number of amides is 1. The summed E-state index contributed by atoms with van der Waals surface area (Å²) in [5.41, 5.74) is 0. The van der Waals surface area contributed by atoms with Gasteiger partial charge in [0.2, 0.25) is 0 Å². The van der Waals surface area contributed by atoms with Crippen molar-refractivity contribution in [2.75, 3.05) is 33.9 Å². The van der Waals surface area contributed by atoms with E-state index in [0.29, 0.717) is 12.5 Å². The van der Waals surface area contributed by atoms with Crippen LogP contribution >= 0.6 is 11.3 Å². The van der Waals surface area contributed by atoms with E-state index in [1.807, 2.05) is 17.0 Å². The second-order valence-electron chi connectivity index (χ2n) is 5.59. The van der Waals surface area contributed by atoms with Crippen LogP contribution in [0.25, 0.3) is 0 Å². The molecule has 118 valence electrons. The average Bonchev–Trinajstić information content (AvgIpc) is 2.96. The third-order valence-corrected chi connectivity index (χ3v) is 4.97. The molecule has 1 amide bonds. The van der Waals surface area contributed by atoms with Gasteiger partial charge in [0.15, 0.2) is 0 Å². The Hall–Kier alpha value is -0.910. The summed E-state index contributed by atoms with van der Waals surface area (Å²) in [6, 6.07) is 3.91. The number of hydrogen-bond donors (Lipinski definition) is 0. The second-order valence-corrected chi connectivity index (χ2v) is 6.76. The average molecular weight is 311 g/mol. The Balaban J connectivity index is 1.88. The number of hydrogen-bond acceptors (Lipinski definition) is 4. The van der Waals surface area contributed by atoms with Gasteiger partial charge in [-0.25, -0.2) is 0 Å². The predicted molar refractivity (Wildman–Crippen MR) is 84.8 cm³/mol. The van der Waals surface area contributed by atoms with Crippen molar-refractivity contribution in [3.05, 3.63) is 21.9 Å². The fraction of sp³-hybridized carbons (Fsp3) is 0.688. The number of carbonyl (C=O) groups excluding carboxylic acids is 1. The summed E-state index contributed by atoms with van der Waals surface area (Å²) in [4.78, 5) is 16.5. The molecule has 1 atom stereocenters. The lowest BCUT2D eigenvalue weighted by molar-refractivity contribution is 0.0665. The molecule has 1 aromatic rings. The Labute approximate surface area is 131 Å². The zero-order valence-electron chi connectivity index (χ0n) is 13.0. The number of carbonyl (C=O) groups is 1. The molecule has 0 N–H and O–H groups in total. The molecule has 0 aromatic carbocycles. The van der Waals surface area contributed by atoms with E-state index in [1.165, 1.54) is 6.42 Å². The first-order valence-electron chi connectivity index (χ1n) is 7.60. The van der Waals surface area contributed by atoms with Crippen LogP contribution in [-0.2, 0) is 16.1 Å². The van der Waals surface area contributed by atoms with Gasteiger partial charge in [-0.1, -0.05) is 0 Å². The fourth-order valence-electron chi connectivity index (χ4n) is 2.87. The van der Waals surface area contributed by atoms with E-state index in [2.05, 4.69) is 0 Å². The summed E-state index contributed by atoms with van der Waals surface area (Å²) in [6.45, 7) is 3.17. The van der Waals surface area contributed by atoms with E-state index in [1.54, 1.807) is 25.6 Å². The standard InChI is InChI=1S/C16H25NO3S/c1-19-10-4-6-13-5-3-9-17(11-13)16(18)15-8-7-14(21-15)12-20-2/h7-8,13H,3-6,9-12H2,1-2H3/t13-/m0/s1. The zero-order chi connectivity index (χ0) is 15.1. The quantitative estimate of drug-likeness (QED) is 0.726. The van der Waals surface area contributed by atoms with Crippen LogP contribution in [0.1, 0.15) is 40.2 Å². The maximum Gasteiger partial charge on any atom is 0.263 e. The zero-order valence-corrected chi connectivity index (χ0v) is 13.8. The molecule has 2 heterocycles. The minimum Gasteiger partial charge on any atom is -0.385 e. The third-order valence-electron chi connectivity index (χ3n) is 3.93. The molecule has 1 fully saturated rings. The number of thiophene rings is 1. The number of methoxy groups -OCH3 is 2. The van der Waals surface area contributed by atoms with Crippen LogP contribution in [0.2, 0.25) is 0 Å². The van der Waals surface area contributed by atoms with E-state index in [9.17, 15) is 4.79 Å². The highest BCUT2D eigenvalue weighted by molar-refractivity contribution is 7.14. The van der Waals surface area contributed by atoms with E-state index in [-0.39, 0.29) is 5.91 Å². The second kappa shape index (κ2) is 8.51. The van der Waals surface area contributed by atoms with Gasteiger partial charge in [-0.2, -0.15) is 0 Å². The van der Waals surface area contributed by atoms with Crippen LogP contribution in [-0.4, -0.2) is 44.7 Å². The van der Waals surface area contributed by atoms with Gasteiger partial charge in [-0.15, -0.1) is 11.3 Å². The molecule has 0 unspecified atom stereocenters. The summed E-state index contributed by atoms with van der Waals surface area (Å²) >= 11 is 1.55. The Morgan fingerprint density at radius 3 is 3.00 bits per heavy atom. The Bertz CT molecular complexity index is 446. The van der Waals surface area contributed by atoms with Gasteiger partial charge in [-0.05, 0) is 43.7 Å². The van der Waals surface area contributed by atoms with Crippen LogP contribution in [0.5, 0.6) is 0 Å². The number of ether oxygens (including phenoxy) is 2. The molecule has 0 aliphatic carbocycles. The van der Waals surface area contributed by atoms with Crippen LogP contribution in [0.3, 0.4) is 0 Å². The lowest BCUT2D eigenvalue weighted by Crippen LogP contribution is -2.39. The van der Waals surface area contributed by atoms with Crippen molar-refractivity contribution in [2.45, 2.75) is 32.3 Å². The van der Waals surface area contributed by atoms with E-state index in [0.717, 1.165) is 48.7 Å². The summed E-state index contributed by atoms with van der Waals surface area (Å²) in [7, 11) is 3.42. The molecule has 1 aliphatic heterocycles. The van der Waals surface area contributed by atoms with Crippen molar-refractivity contribution in [2.24, 2.45) is 5.92 Å². The lowest BCUT2D eigenvalue weighted by atomic mass is 9.93. The molecule has 0 spiro atoms. The van der Waals surface area contributed by atoms with Crippen molar-refractivity contribution in [3.8, 4) is 0 Å². The molecule has 1 saturated heterocycles. The van der Waals surface area contributed by atoms with Gasteiger partial charge in [-0.3, -0.25) is 4.79 Å². The first-order valence-corrected chi connectivity index (χ1v) is 8.42. The molecule has 0 bridgehead atoms. The molecule has 2 rings (SSSR count). The van der Waals surface area contributed by atoms with Crippen molar-refractivity contribution in [1.82, 2.24) is 4.90 Å². The minimum absolute atomic E-state index is 0.179. The highest BCUT2D eigenvalue weighted by atomic mass is 32.1.